The van der Waals surface area contributed by atoms with Gasteiger partial charge in [-0.1, -0.05) is 35.0 Å². The average molecular weight is 325 g/mol. The van der Waals surface area contributed by atoms with Crippen LogP contribution in [0.2, 0.25) is 0 Å². The van der Waals surface area contributed by atoms with Crippen molar-refractivity contribution in [1.29, 1.82) is 0 Å². The molecule has 0 fully saturated rings. The normalized spacial score (nSPS) is 14.2. The van der Waals surface area contributed by atoms with E-state index in [1.165, 1.54) is 11.1 Å². The SMILES string of the molecule is Cc1ccc(C(Cl)C(C)c2ccncc2)c(Br)c1. The van der Waals surface area contributed by atoms with Gasteiger partial charge in [-0.2, -0.15) is 0 Å². The third-order valence-electron chi connectivity index (χ3n) is 3.12. The summed E-state index contributed by atoms with van der Waals surface area (Å²) in [7, 11) is 0. The van der Waals surface area contributed by atoms with Gasteiger partial charge in [-0.3, -0.25) is 4.98 Å². The molecule has 1 nitrogen and oxygen atoms in total. The van der Waals surface area contributed by atoms with Gasteiger partial charge in [-0.05, 0) is 41.8 Å². The van der Waals surface area contributed by atoms with Crippen molar-refractivity contribution in [3.8, 4) is 0 Å². The van der Waals surface area contributed by atoms with E-state index in [0.717, 1.165) is 10.0 Å². The number of aryl methyl sites for hydroxylation is 1. The molecule has 2 unspecified atom stereocenters. The molecule has 0 aliphatic carbocycles. The van der Waals surface area contributed by atoms with E-state index in [1.54, 1.807) is 12.4 Å². The zero-order chi connectivity index (χ0) is 13.1. The minimum Gasteiger partial charge on any atom is -0.265 e. The number of benzene rings is 1. The quantitative estimate of drug-likeness (QED) is 0.704. The minimum absolute atomic E-state index is 0.0534. The predicted molar refractivity (Wildman–Crippen MR) is 80.1 cm³/mol. The van der Waals surface area contributed by atoms with Crippen molar-refractivity contribution >= 4 is 27.5 Å². The molecule has 18 heavy (non-hydrogen) atoms. The first kappa shape index (κ1) is 13.6. The number of nitrogens with zero attached hydrogens (tertiary/aromatic N) is 1. The zero-order valence-electron chi connectivity index (χ0n) is 10.4. The monoisotopic (exact) mass is 323 g/mol. The average Bonchev–Trinajstić information content (AvgIpc) is 2.38. The van der Waals surface area contributed by atoms with Crippen LogP contribution in [0.5, 0.6) is 0 Å². The van der Waals surface area contributed by atoms with Gasteiger partial charge >= 0.3 is 0 Å². The summed E-state index contributed by atoms with van der Waals surface area (Å²) in [5, 5.41) is -0.0534. The number of pyridine rings is 1. The Hall–Kier alpha value is -0.860. The van der Waals surface area contributed by atoms with Crippen LogP contribution in [0.1, 0.15) is 34.9 Å². The summed E-state index contributed by atoms with van der Waals surface area (Å²) in [5.41, 5.74) is 3.56. The van der Waals surface area contributed by atoms with Gasteiger partial charge in [0, 0.05) is 22.8 Å². The molecule has 1 aromatic heterocycles. The maximum Gasteiger partial charge on any atom is 0.0662 e. The molecule has 94 valence electrons. The van der Waals surface area contributed by atoms with Crippen molar-refractivity contribution in [1.82, 2.24) is 4.98 Å². The van der Waals surface area contributed by atoms with Gasteiger partial charge in [0.15, 0.2) is 0 Å². The smallest absolute Gasteiger partial charge is 0.0662 e. The molecule has 2 rings (SSSR count). The lowest BCUT2D eigenvalue weighted by atomic mass is 9.93. The number of halogens is 2. The maximum atomic E-state index is 6.60. The standard InChI is InChI=1S/C15H15BrClN/c1-10-3-4-13(14(16)9-10)15(17)11(2)12-5-7-18-8-6-12/h3-9,11,15H,1-2H3. The fourth-order valence-electron chi connectivity index (χ4n) is 1.96. The summed E-state index contributed by atoms with van der Waals surface area (Å²) in [5.74, 6) is 0.244. The Balaban J connectivity index is 2.28. The largest absolute Gasteiger partial charge is 0.265 e. The lowest BCUT2D eigenvalue weighted by Crippen LogP contribution is -2.03. The lowest BCUT2D eigenvalue weighted by molar-refractivity contribution is 0.728. The van der Waals surface area contributed by atoms with E-state index in [1.807, 2.05) is 12.1 Å². The molecule has 0 spiro atoms. The van der Waals surface area contributed by atoms with Crippen molar-refractivity contribution in [3.05, 3.63) is 63.9 Å². The highest BCUT2D eigenvalue weighted by molar-refractivity contribution is 9.10. The molecular weight excluding hydrogens is 310 g/mol. The van der Waals surface area contributed by atoms with Crippen LogP contribution in [0.4, 0.5) is 0 Å². The fourth-order valence-corrected chi connectivity index (χ4v) is 3.17. The highest BCUT2D eigenvalue weighted by Gasteiger charge is 2.20. The molecule has 0 aliphatic rings. The molecule has 1 aromatic carbocycles. The lowest BCUT2D eigenvalue weighted by Gasteiger charge is -2.20. The van der Waals surface area contributed by atoms with E-state index < -0.39 is 0 Å². The molecule has 0 N–H and O–H groups in total. The van der Waals surface area contributed by atoms with Crippen LogP contribution < -0.4 is 0 Å². The summed E-state index contributed by atoms with van der Waals surface area (Å²) in [6.45, 7) is 4.21. The van der Waals surface area contributed by atoms with Gasteiger partial charge in [-0.25, -0.2) is 0 Å². The van der Waals surface area contributed by atoms with Crippen LogP contribution in [0.3, 0.4) is 0 Å². The van der Waals surface area contributed by atoms with Crippen LogP contribution >= 0.6 is 27.5 Å². The van der Waals surface area contributed by atoms with E-state index in [4.69, 9.17) is 11.6 Å². The number of alkyl halides is 1. The summed E-state index contributed by atoms with van der Waals surface area (Å²) < 4.78 is 1.07. The van der Waals surface area contributed by atoms with Gasteiger partial charge in [0.1, 0.15) is 0 Å². The topological polar surface area (TPSA) is 12.9 Å². The third-order valence-corrected chi connectivity index (χ3v) is 4.42. The van der Waals surface area contributed by atoms with E-state index >= 15 is 0 Å². The van der Waals surface area contributed by atoms with Crippen molar-refractivity contribution in [3.63, 3.8) is 0 Å². The first-order chi connectivity index (χ1) is 8.59. The van der Waals surface area contributed by atoms with Gasteiger partial charge in [0.05, 0.1) is 5.38 Å². The van der Waals surface area contributed by atoms with E-state index in [9.17, 15) is 0 Å². The Morgan fingerprint density at radius 3 is 2.44 bits per heavy atom. The number of hydrogen-bond acceptors (Lipinski definition) is 1. The first-order valence-corrected chi connectivity index (χ1v) is 7.12. The van der Waals surface area contributed by atoms with Crippen molar-refractivity contribution in [2.75, 3.05) is 0 Å². The molecule has 3 heteroatoms. The summed E-state index contributed by atoms with van der Waals surface area (Å²) in [4.78, 5) is 4.04. The Labute approximate surface area is 121 Å². The second kappa shape index (κ2) is 5.85. The molecular formula is C15H15BrClN. The van der Waals surface area contributed by atoms with E-state index in [0.29, 0.717) is 0 Å². The number of rotatable bonds is 3. The molecule has 0 radical (unpaired) electrons. The van der Waals surface area contributed by atoms with Gasteiger partial charge in [-0.15, -0.1) is 11.6 Å². The molecule has 0 bridgehead atoms. The van der Waals surface area contributed by atoms with Crippen LogP contribution in [-0.4, -0.2) is 4.98 Å². The Bertz CT molecular complexity index is 527. The maximum absolute atomic E-state index is 6.60. The van der Waals surface area contributed by atoms with Gasteiger partial charge in [0.2, 0.25) is 0 Å². The summed E-state index contributed by atoms with van der Waals surface area (Å²) >= 11 is 10.2. The minimum atomic E-state index is -0.0534. The second-order valence-corrected chi connectivity index (χ2v) is 5.82. The van der Waals surface area contributed by atoms with Crippen LogP contribution in [-0.2, 0) is 0 Å². The predicted octanol–water partition coefficient (Wildman–Crippen LogP) is 5.24. The molecule has 0 aliphatic heterocycles. The van der Waals surface area contributed by atoms with E-state index in [2.05, 4.69) is 53.0 Å². The fraction of sp³-hybridized carbons (Fsp3) is 0.267. The molecule has 1 heterocycles. The van der Waals surface area contributed by atoms with E-state index in [-0.39, 0.29) is 11.3 Å². The molecule has 0 saturated carbocycles. The number of hydrogen-bond donors (Lipinski definition) is 0. The molecule has 2 atom stereocenters. The highest BCUT2D eigenvalue weighted by Crippen LogP contribution is 2.39. The summed E-state index contributed by atoms with van der Waals surface area (Å²) in [6, 6.07) is 10.3. The molecule has 0 saturated heterocycles. The van der Waals surface area contributed by atoms with Crippen molar-refractivity contribution in [2.45, 2.75) is 25.1 Å². The van der Waals surface area contributed by atoms with Crippen LogP contribution in [0.25, 0.3) is 0 Å². The highest BCUT2D eigenvalue weighted by atomic mass is 79.9. The molecule has 0 amide bonds. The molecule has 2 aromatic rings. The third kappa shape index (κ3) is 2.93. The Morgan fingerprint density at radius 2 is 1.83 bits per heavy atom. The van der Waals surface area contributed by atoms with Gasteiger partial charge < -0.3 is 0 Å². The Morgan fingerprint density at radius 1 is 1.17 bits per heavy atom. The number of aromatic nitrogens is 1. The van der Waals surface area contributed by atoms with Gasteiger partial charge in [0.25, 0.3) is 0 Å². The van der Waals surface area contributed by atoms with Crippen LogP contribution in [0, 0.1) is 6.92 Å². The zero-order valence-corrected chi connectivity index (χ0v) is 12.7. The van der Waals surface area contributed by atoms with Crippen LogP contribution in [0.15, 0.2) is 47.2 Å². The van der Waals surface area contributed by atoms with Crippen molar-refractivity contribution in [2.24, 2.45) is 0 Å². The summed E-state index contributed by atoms with van der Waals surface area (Å²) in [6.07, 6.45) is 3.61. The van der Waals surface area contributed by atoms with Crippen molar-refractivity contribution < 1.29 is 0 Å². The second-order valence-electron chi connectivity index (χ2n) is 4.50. The first-order valence-electron chi connectivity index (χ1n) is 5.89. The Kier molecular flexibility index (Phi) is 4.41.